The van der Waals surface area contributed by atoms with Crippen molar-refractivity contribution in [3.05, 3.63) is 15.6 Å². The molecule has 0 saturated heterocycles. The number of hydrogen-bond acceptors (Lipinski definition) is 5. The molecule has 150 valence electrons. The van der Waals surface area contributed by atoms with Gasteiger partial charge in [-0.25, -0.2) is 9.78 Å². The lowest BCUT2D eigenvalue weighted by molar-refractivity contribution is 0.146. The summed E-state index contributed by atoms with van der Waals surface area (Å²) in [6, 6.07) is -0.0232. The molecule has 1 aromatic heterocycles. The average molecular weight is 497 g/mol. The van der Waals surface area contributed by atoms with Crippen molar-refractivity contribution < 1.29 is 9.53 Å². The highest BCUT2D eigenvalue weighted by Crippen LogP contribution is 2.16. The number of aliphatic imine (C=N–C) groups is 1. The van der Waals surface area contributed by atoms with Crippen molar-refractivity contribution in [2.75, 3.05) is 20.2 Å². The Balaban J connectivity index is 0.00000625. The summed E-state index contributed by atoms with van der Waals surface area (Å²) in [6.07, 6.45) is 0.476. The third-order valence-electron chi connectivity index (χ3n) is 3.51. The van der Waals surface area contributed by atoms with Crippen LogP contribution in [0.1, 0.15) is 42.8 Å². The highest BCUT2D eigenvalue weighted by molar-refractivity contribution is 14.0. The van der Waals surface area contributed by atoms with Crippen molar-refractivity contribution in [3.8, 4) is 0 Å². The number of nitrogens with one attached hydrogen (secondary N) is 3. The molecular formula is C17H32IN5O2S. The number of aromatic nitrogens is 1. The fourth-order valence-corrected chi connectivity index (χ4v) is 3.32. The first kappa shape index (κ1) is 24.9. The molecule has 26 heavy (non-hydrogen) atoms. The lowest BCUT2D eigenvalue weighted by Gasteiger charge is -2.22. The van der Waals surface area contributed by atoms with E-state index >= 15 is 0 Å². The Morgan fingerprint density at radius 1 is 1.31 bits per heavy atom. The van der Waals surface area contributed by atoms with Gasteiger partial charge in [0.2, 0.25) is 0 Å². The van der Waals surface area contributed by atoms with E-state index in [0.717, 1.165) is 17.1 Å². The van der Waals surface area contributed by atoms with Gasteiger partial charge in [-0.1, -0.05) is 13.8 Å². The van der Waals surface area contributed by atoms with Gasteiger partial charge in [0.15, 0.2) is 5.96 Å². The number of alkyl carbamates (subject to hydrolysis) is 1. The van der Waals surface area contributed by atoms with Gasteiger partial charge in [0.25, 0.3) is 0 Å². The van der Waals surface area contributed by atoms with E-state index in [-0.39, 0.29) is 36.1 Å². The van der Waals surface area contributed by atoms with Gasteiger partial charge in [0.1, 0.15) is 0 Å². The zero-order valence-electron chi connectivity index (χ0n) is 16.5. The van der Waals surface area contributed by atoms with Crippen LogP contribution in [0.15, 0.2) is 4.99 Å². The van der Waals surface area contributed by atoms with Gasteiger partial charge in [-0.15, -0.1) is 35.3 Å². The van der Waals surface area contributed by atoms with E-state index in [0.29, 0.717) is 31.6 Å². The van der Waals surface area contributed by atoms with Crippen LogP contribution >= 0.6 is 35.3 Å². The molecule has 1 amide bonds. The van der Waals surface area contributed by atoms with Gasteiger partial charge in [0, 0.05) is 24.5 Å². The predicted molar refractivity (Wildman–Crippen MR) is 119 cm³/mol. The number of thiazole rings is 1. The molecule has 0 aromatic carbocycles. The summed E-state index contributed by atoms with van der Waals surface area (Å²) >= 11 is 1.68. The molecule has 0 fully saturated rings. The first-order valence-electron chi connectivity index (χ1n) is 8.66. The molecular weight excluding hydrogens is 465 g/mol. The number of ether oxygens (including phenoxy) is 1. The summed E-state index contributed by atoms with van der Waals surface area (Å²) in [6.45, 7) is 11.7. The molecule has 1 atom stereocenters. The average Bonchev–Trinajstić information content (AvgIpc) is 2.84. The minimum Gasteiger partial charge on any atom is -0.450 e. The summed E-state index contributed by atoms with van der Waals surface area (Å²) in [5.74, 6) is 1.16. The van der Waals surface area contributed by atoms with E-state index in [1.165, 1.54) is 4.88 Å². The third kappa shape index (κ3) is 9.56. The first-order valence-corrected chi connectivity index (χ1v) is 9.48. The molecule has 0 radical (unpaired) electrons. The predicted octanol–water partition coefficient (Wildman–Crippen LogP) is 3.20. The lowest BCUT2D eigenvalue weighted by atomic mass is 10.0. The standard InChI is InChI=1S/C17H31N5O2S.HI/c1-7-24-17(23)22-14(8-11(2)3)9-19-16(18-6)20-10-15-12(4)21-13(5)25-15;/h11,14H,7-10H2,1-6H3,(H,22,23)(H2,18,19,20);1H. The van der Waals surface area contributed by atoms with Crippen LogP contribution in [-0.2, 0) is 11.3 Å². The third-order valence-corrected chi connectivity index (χ3v) is 4.58. The van der Waals surface area contributed by atoms with Crippen LogP contribution in [0.3, 0.4) is 0 Å². The zero-order chi connectivity index (χ0) is 18.8. The monoisotopic (exact) mass is 497 g/mol. The molecule has 0 aliphatic rings. The van der Waals surface area contributed by atoms with E-state index in [1.807, 2.05) is 13.8 Å². The van der Waals surface area contributed by atoms with Crippen molar-refractivity contribution in [2.24, 2.45) is 10.9 Å². The van der Waals surface area contributed by atoms with Crippen molar-refractivity contribution in [1.29, 1.82) is 0 Å². The number of guanidine groups is 1. The maximum absolute atomic E-state index is 11.7. The van der Waals surface area contributed by atoms with E-state index < -0.39 is 0 Å². The Kier molecular flexibility index (Phi) is 12.6. The molecule has 1 unspecified atom stereocenters. The maximum Gasteiger partial charge on any atom is 0.407 e. The van der Waals surface area contributed by atoms with Crippen LogP contribution in [0.5, 0.6) is 0 Å². The van der Waals surface area contributed by atoms with Crippen LogP contribution < -0.4 is 16.0 Å². The van der Waals surface area contributed by atoms with Crippen molar-refractivity contribution in [2.45, 2.75) is 53.6 Å². The lowest BCUT2D eigenvalue weighted by Crippen LogP contribution is -2.47. The highest BCUT2D eigenvalue weighted by atomic mass is 127. The molecule has 0 saturated carbocycles. The molecule has 0 spiro atoms. The topological polar surface area (TPSA) is 87.6 Å². The minimum atomic E-state index is -0.381. The van der Waals surface area contributed by atoms with Gasteiger partial charge in [-0.05, 0) is 33.1 Å². The normalized spacial score (nSPS) is 12.3. The van der Waals surface area contributed by atoms with Crippen LogP contribution in [0.4, 0.5) is 4.79 Å². The Bertz CT molecular complexity index is 577. The maximum atomic E-state index is 11.7. The highest BCUT2D eigenvalue weighted by Gasteiger charge is 2.15. The summed E-state index contributed by atoms with van der Waals surface area (Å²) in [4.78, 5) is 21.6. The molecule has 1 aromatic rings. The molecule has 7 nitrogen and oxygen atoms in total. The summed E-state index contributed by atoms with van der Waals surface area (Å²) in [5, 5.41) is 10.5. The van der Waals surface area contributed by atoms with Gasteiger partial charge in [-0.2, -0.15) is 0 Å². The Morgan fingerprint density at radius 3 is 2.50 bits per heavy atom. The summed E-state index contributed by atoms with van der Waals surface area (Å²) in [7, 11) is 1.73. The number of carbonyl (C=O) groups is 1. The quantitative estimate of drug-likeness (QED) is 0.292. The van der Waals surface area contributed by atoms with Crippen molar-refractivity contribution >= 4 is 47.4 Å². The van der Waals surface area contributed by atoms with E-state index in [2.05, 4.69) is 39.8 Å². The number of hydrogen-bond donors (Lipinski definition) is 3. The number of halogens is 1. The van der Waals surface area contributed by atoms with Crippen molar-refractivity contribution in [1.82, 2.24) is 20.9 Å². The van der Waals surface area contributed by atoms with Crippen LogP contribution in [0.25, 0.3) is 0 Å². The van der Waals surface area contributed by atoms with Gasteiger partial charge >= 0.3 is 6.09 Å². The molecule has 1 heterocycles. The summed E-state index contributed by atoms with van der Waals surface area (Å²) in [5.41, 5.74) is 1.05. The van der Waals surface area contributed by atoms with Crippen LogP contribution in [-0.4, -0.2) is 43.3 Å². The zero-order valence-corrected chi connectivity index (χ0v) is 19.7. The largest absolute Gasteiger partial charge is 0.450 e. The number of carbonyl (C=O) groups excluding carboxylic acids is 1. The Morgan fingerprint density at radius 2 is 2.00 bits per heavy atom. The second-order valence-electron chi connectivity index (χ2n) is 6.24. The van der Waals surface area contributed by atoms with E-state index in [1.54, 1.807) is 25.3 Å². The smallest absolute Gasteiger partial charge is 0.407 e. The minimum absolute atomic E-state index is 0. The Labute approximate surface area is 177 Å². The summed E-state index contributed by atoms with van der Waals surface area (Å²) < 4.78 is 4.98. The number of rotatable bonds is 8. The number of nitrogens with zero attached hydrogens (tertiary/aromatic N) is 2. The fourth-order valence-electron chi connectivity index (χ4n) is 2.44. The molecule has 0 aliphatic carbocycles. The second-order valence-corrected chi connectivity index (χ2v) is 7.53. The molecule has 0 bridgehead atoms. The number of amides is 1. The van der Waals surface area contributed by atoms with Crippen molar-refractivity contribution in [3.63, 3.8) is 0 Å². The van der Waals surface area contributed by atoms with Crippen LogP contribution in [0, 0.1) is 19.8 Å². The van der Waals surface area contributed by atoms with Gasteiger partial charge < -0.3 is 20.7 Å². The van der Waals surface area contributed by atoms with Gasteiger partial charge in [-0.3, -0.25) is 4.99 Å². The number of aryl methyl sites for hydroxylation is 2. The molecule has 0 aliphatic heterocycles. The van der Waals surface area contributed by atoms with E-state index in [4.69, 9.17) is 4.74 Å². The second kappa shape index (κ2) is 13.1. The van der Waals surface area contributed by atoms with Crippen LogP contribution in [0.2, 0.25) is 0 Å². The fraction of sp³-hybridized carbons (Fsp3) is 0.706. The Hall–Kier alpha value is -1.10. The first-order chi connectivity index (χ1) is 11.8. The molecule has 3 N–H and O–H groups in total. The van der Waals surface area contributed by atoms with E-state index in [9.17, 15) is 4.79 Å². The molecule has 9 heteroatoms. The SMILES string of the molecule is CCOC(=O)NC(CNC(=NC)NCc1sc(C)nc1C)CC(C)C.I. The molecule has 1 rings (SSSR count). The van der Waals surface area contributed by atoms with Gasteiger partial charge in [0.05, 0.1) is 23.9 Å².